The topological polar surface area (TPSA) is 68.0 Å². The first-order valence-corrected chi connectivity index (χ1v) is 11.5. The van der Waals surface area contributed by atoms with Crippen molar-refractivity contribution in [2.75, 3.05) is 47.4 Å². The maximum absolute atomic E-state index is 13.0. The summed E-state index contributed by atoms with van der Waals surface area (Å²) >= 11 is 0. The third-order valence-corrected chi connectivity index (χ3v) is 5.28. The highest BCUT2D eigenvalue weighted by Crippen LogP contribution is 2.35. The van der Waals surface area contributed by atoms with Crippen LogP contribution in [0.2, 0.25) is 0 Å². The zero-order valence-electron chi connectivity index (χ0n) is 20.7. The van der Waals surface area contributed by atoms with Crippen molar-refractivity contribution in [2.24, 2.45) is 17.6 Å². The van der Waals surface area contributed by atoms with Crippen LogP contribution >= 0.6 is 0 Å². The molecule has 1 aromatic carbocycles. The number of likely N-dealkylation sites (tertiary alicyclic amines) is 1. The van der Waals surface area contributed by atoms with E-state index in [1.54, 1.807) is 0 Å². The molecule has 1 atom stereocenters. The number of rotatable bonds is 8. The van der Waals surface area contributed by atoms with Crippen molar-refractivity contribution in [1.82, 2.24) is 9.80 Å². The van der Waals surface area contributed by atoms with Gasteiger partial charge >= 0.3 is 6.18 Å². The summed E-state index contributed by atoms with van der Waals surface area (Å²) in [5, 5.41) is 0. The van der Waals surface area contributed by atoms with Gasteiger partial charge in [-0.15, -0.1) is 0 Å². The summed E-state index contributed by atoms with van der Waals surface area (Å²) in [6.45, 7) is 8.28. The van der Waals surface area contributed by atoms with Gasteiger partial charge < -0.3 is 25.0 Å². The number of amides is 1. The lowest BCUT2D eigenvalue weighted by molar-refractivity contribution is -0.138. The average Bonchev–Trinajstić information content (AvgIpc) is 2.74. The van der Waals surface area contributed by atoms with Gasteiger partial charge in [0.05, 0.1) is 25.2 Å². The first kappa shape index (κ1) is 29.0. The number of nitrogens with two attached hydrogens (primary N) is 1. The quantitative estimate of drug-likeness (QED) is 0.608. The van der Waals surface area contributed by atoms with Crippen molar-refractivity contribution in [1.29, 1.82) is 0 Å². The summed E-state index contributed by atoms with van der Waals surface area (Å²) < 4.78 is 49.7. The number of ether oxygens (including phenoxy) is 2. The zero-order chi connectivity index (χ0) is 25.2. The van der Waals surface area contributed by atoms with Gasteiger partial charge in [0.1, 0.15) is 11.5 Å². The maximum Gasteiger partial charge on any atom is 0.416 e. The molecule has 0 aromatic heterocycles. The first-order valence-electron chi connectivity index (χ1n) is 11.5. The smallest absolute Gasteiger partial charge is 0.416 e. The Balaban J connectivity index is 0.00000125. The second-order valence-electron chi connectivity index (χ2n) is 9.09. The van der Waals surface area contributed by atoms with E-state index in [9.17, 15) is 18.0 Å². The van der Waals surface area contributed by atoms with Gasteiger partial charge in [-0.25, -0.2) is 0 Å². The second-order valence-corrected chi connectivity index (χ2v) is 9.09. The molecule has 1 aromatic rings. The summed E-state index contributed by atoms with van der Waals surface area (Å²) in [4.78, 5) is 16.6. The Hall–Kier alpha value is -2.00. The molecule has 1 amide bonds. The molecule has 6 nitrogen and oxygen atoms in total. The predicted octanol–water partition coefficient (Wildman–Crippen LogP) is 4.27. The lowest BCUT2D eigenvalue weighted by Crippen LogP contribution is -2.44. The summed E-state index contributed by atoms with van der Waals surface area (Å²) in [5.41, 5.74) is 4.32. The molecule has 1 fully saturated rings. The van der Waals surface area contributed by atoms with E-state index in [-0.39, 0.29) is 29.2 Å². The second kappa shape index (κ2) is 13.6. The van der Waals surface area contributed by atoms with Crippen LogP contribution in [0.5, 0.6) is 11.5 Å². The van der Waals surface area contributed by atoms with Gasteiger partial charge in [0, 0.05) is 25.7 Å². The predicted molar refractivity (Wildman–Crippen MR) is 124 cm³/mol. The number of alkyl halides is 3. The summed E-state index contributed by atoms with van der Waals surface area (Å²) in [7, 11) is 5.25. The molecular weight excluding hydrogens is 435 g/mol. The van der Waals surface area contributed by atoms with E-state index in [1.807, 2.05) is 44.7 Å². The van der Waals surface area contributed by atoms with Crippen molar-refractivity contribution in [3.05, 3.63) is 23.8 Å². The van der Waals surface area contributed by atoms with Crippen LogP contribution < -0.4 is 15.2 Å². The van der Waals surface area contributed by atoms with E-state index in [0.29, 0.717) is 25.7 Å². The molecule has 33 heavy (non-hydrogen) atoms. The van der Waals surface area contributed by atoms with Gasteiger partial charge in [-0.3, -0.25) is 4.79 Å². The number of hydrogen-bond acceptors (Lipinski definition) is 5. The van der Waals surface area contributed by atoms with E-state index in [0.717, 1.165) is 37.9 Å². The molecule has 1 saturated heterocycles. The molecule has 1 aliphatic heterocycles. The van der Waals surface area contributed by atoms with E-state index in [4.69, 9.17) is 15.2 Å². The van der Waals surface area contributed by atoms with Crippen LogP contribution in [0.15, 0.2) is 18.2 Å². The molecule has 2 rings (SSSR count). The maximum atomic E-state index is 13.0. The minimum absolute atomic E-state index is 0.00428. The first-order chi connectivity index (χ1) is 15.4. The van der Waals surface area contributed by atoms with Crippen molar-refractivity contribution in [2.45, 2.75) is 52.3 Å². The fraction of sp³-hybridized carbons (Fsp3) is 0.708. The molecule has 1 unspecified atom stereocenters. The molecule has 0 saturated carbocycles. The van der Waals surface area contributed by atoms with Gasteiger partial charge in [0.2, 0.25) is 5.91 Å². The van der Waals surface area contributed by atoms with Crippen LogP contribution in [0, 0.1) is 11.8 Å². The molecule has 1 heterocycles. The number of benzene rings is 1. The molecule has 190 valence electrons. The molecule has 0 spiro atoms. The fourth-order valence-corrected chi connectivity index (χ4v) is 3.55. The molecule has 9 heteroatoms. The van der Waals surface area contributed by atoms with E-state index in [2.05, 4.69) is 0 Å². The van der Waals surface area contributed by atoms with Crippen LogP contribution in [0.4, 0.5) is 13.2 Å². The lowest BCUT2D eigenvalue weighted by Gasteiger charge is -2.34. The Morgan fingerprint density at radius 3 is 2.18 bits per heavy atom. The van der Waals surface area contributed by atoms with E-state index < -0.39 is 11.7 Å². The Labute approximate surface area is 196 Å². The standard InChI is InChI=1S/C21H31F3N2O3.C3H9N/c1-5-16(13-25(2)3)20(27)26-8-6-15(7-9-26)14-29-19-11-17(21(22,23)24)10-18(12-19)28-4;1-3(2)4/h10-12,15-16H,5-9,13-14H2,1-4H3;3H,4H2,1-2H3. The van der Waals surface area contributed by atoms with Crippen molar-refractivity contribution >= 4 is 5.91 Å². The number of carbonyl (C=O) groups is 1. The van der Waals surface area contributed by atoms with Crippen LogP contribution in [0.25, 0.3) is 0 Å². The Morgan fingerprint density at radius 1 is 1.18 bits per heavy atom. The molecule has 0 radical (unpaired) electrons. The molecule has 1 aliphatic rings. The van der Waals surface area contributed by atoms with Crippen LogP contribution in [-0.4, -0.2) is 69.2 Å². The number of nitrogens with zero attached hydrogens (tertiary/aromatic N) is 2. The minimum atomic E-state index is -4.46. The molecular formula is C24H40F3N3O3. The van der Waals surface area contributed by atoms with Crippen molar-refractivity contribution in [3.8, 4) is 11.5 Å². The highest BCUT2D eigenvalue weighted by molar-refractivity contribution is 5.79. The van der Waals surface area contributed by atoms with Gasteiger partial charge in [-0.1, -0.05) is 20.8 Å². The fourth-order valence-electron chi connectivity index (χ4n) is 3.55. The van der Waals surface area contributed by atoms with Gasteiger partial charge in [0.25, 0.3) is 0 Å². The van der Waals surface area contributed by atoms with Crippen LogP contribution in [0.3, 0.4) is 0 Å². The Bertz CT molecular complexity index is 716. The third-order valence-electron chi connectivity index (χ3n) is 5.28. The summed E-state index contributed by atoms with van der Waals surface area (Å²) in [6, 6.07) is 3.74. The number of hydrogen-bond donors (Lipinski definition) is 1. The highest BCUT2D eigenvalue weighted by atomic mass is 19.4. The number of piperidine rings is 1. The Kier molecular flexibility index (Phi) is 12.0. The normalized spacial score (nSPS) is 15.8. The number of halogens is 3. The van der Waals surface area contributed by atoms with Crippen LogP contribution in [0.1, 0.15) is 45.6 Å². The largest absolute Gasteiger partial charge is 0.497 e. The van der Waals surface area contributed by atoms with Gasteiger partial charge in [-0.05, 0) is 57.5 Å². The molecule has 0 bridgehead atoms. The minimum Gasteiger partial charge on any atom is -0.497 e. The monoisotopic (exact) mass is 475 g/mol. The van der Waals surface area contributed by atoms with Gasteiger partial charge in [0.15, 0.2) is 0 Å². The van der Waals surface area contributed by atoms with E-state index >= 15 is 0 Å². The lowest BCUT2D eigenvalue weighted by atomic mass is 9.95. The van der Waals surface area contributed by atoms with Crippen LogP contribution in [-0.2, 0) is 11.0 Å². The Morgan fingerprint density at radius 2 is 1.73 bits per heavy atom. The average molecular weight is 476 g/mol. The summed E-state index contributed by atoms with van der Waals surface area (Å²) in [6.07, 6.45) is -2.10. The molecule has 0 aliphatic carbocycles. The van der Waals surface area contributed by atoms with Gasteiger partial charge in [-0.2, -0.15) is 13.2 Å². The number of carbonyl (C=O) groups excluding carboxylic acids is 1. The van der Waals surface area contributed by atoms with Crippen molar-refractivity contribution < 1.29 is 27.4 Å². The highest BCUT2D eigenvalue weighted by Gasteiger charge is 2.32. The third kappa shape index (κ3) is 10.6. The molecule has 2 N–H and O–H groups in total. The number of methoxy groups -OCH3 is 1. The summed E-state index contributed by atoms with van der Waals surface area (Å²) in [5.74, 6) is 0.640. The zero-order valence-corrected chi connectivity index (χ0v) is 20.7. The SMILES string of the molecule is CC(C)N.CCC(CN(C)C)C(=O)N1CCC(COc2cc(OC)cc(C(F)(F)F)c2)CC1. The van der Waals surface area contributed by atoms with E-state index in [1.165, 1.54) is 13.2 Å². The van der Waals surface area contributed by atoms with Crippen molar-refractivity contribution in [3.63, 3.8) is 0 Å².